The van der Waals surface area contributed by atoms with E-state index in [1.807, 2.05) is 54.7 Å². The summed E-state index contributed by atoms with van der Waals surface area (Å²) in [5.41, 5.74) is 3.13. The second-order valence-corrected chi connectivity index (χ2v) is 4.72. The largest absolute Gasteiger partial charge is 0.461 e. The molecule has 4 heteroatoms. The van der Waals surface area contributed by atoms with Crippen molar-refractivity contribution >= 4 is 11.6 Å². The van der Waals surface area contributed by atoms with Crippen LogP contribution in [0.5, 0.6) is 0 Å². The number of carbonyl (C=O) groups is 1. The molecule has 0 N–H and O–H groups in total. The van der Waals surface area contributed by atoms with Gasteiger partial charge in [-0.05, 0) is 24.6 Å². The number of fused-ring (bicyclic) bond motifs is 1. The Kier molecular flexibility index (Phi) is 3.69. The summed E-state index contributed by atoms with van der Waals surface area (Å²) in [6.07, 6.45) is 2.44. The highest BCUT2D eigenvalue weighted by molar-refractivity contribution is 5.90. The van der Waals surface area contributed by atoms with E-state index >= 15 is 0 Å². The van der Waals surface area contributed by atoms with E-state index in [9.17, 15) is 4.79 Å². The van der Waals surface area contributed by atoms with E-state index in [-0.39, 0.29) is 5.97 Å². The quantitative estimate of drug-likeness (QED) is 0.690. The average Bonchev–Trinajstić information content (AvgIpc) is 2.86. The molecule has 0 saturated heterocycles. The fourth-order valence-electron chi connectivity index (χ4n) is 2.37. The van der Waals surface area contributed by atoms with Crippen LogP contribution in [0.1, 0.15) is 28.7 Å². The highest BCUT2D eigenvalue weighted by Gasteiger charge is 2.20. The Balaban J connectivity index is 2.08. The third-order valence-electron chi connectivity index (χ3n) is 3.29. The SMILES string of the molecule is CCOC(=O)c1c(Cc2ccccc2)nc2ccccn12. The van der Waals surface area contributed by atoms with E-state index in [1.54, 1.807) is 11.3 Å². The Morgan fingerprint density at radius 2 is 1.90 bits per heavy atom. The Hall–Kier alpha value is -2.62. The summed E-state index contributed by atoms with van der Waals surface area (Å²) in [5, 5.41) is 0. The molecule has 4 nitrogen and oxygen atoms in total. The Labute approximate surface area is 123 Å². The van der Waals surface area contributed by atoms with E-state index in [0.717, 1.165) is 16.9 Å². The predicted molar refractivity (Wildman–Crippen MR) is 80.4 cm³/mol. The topological polar surface area (TPSA) is 43.6 Å². The van der Waals surface area contributed by atoms with Gasteiger partial charge in [0, 0.05) is 12.6 Å². The zero-order chi connectivity index (χ0) is 14.7. The molecule has 0 spiro atoms. The van der Waals surface area contributed by atoms with Crippen molar-refractivity contribution in [2.24, 2.45) is 0 Å². The summed E-state index contributed by atoms with van der Waals surface area (Å²) in [5.74, 6) is -0.331. The Bertz CT molecular complexity index is 763. The van der Waals surface area contributed by atoms with Crippen LogP contribution in [0.15, 0.2) is 54.7 Å². The molecule has 0 aliphatic heterocycles. The molecule has 0 atom stereocenters. The van der Waals surface area contributed by atoms with Crippen molar-refractivity contribution in [3.8, 4) is 0 Å². The van der Waals surface area contributed by atoms with Crippen LogP contribution in [0.4, 0.5) is 0 Å². The minimum absolute atomic E-state index is 0.331. The molecule has 2 aromatic heterocycles. The second kappa shape index (κ2) is 5.79. The number of hydrogen-bond acceptors (Lipinski definition) is 3. The molecule has 1 aromatic carbocycles. The van der Waals surface area contributed by atoms with Crippen molar-refractivity contribution in [2.75, 3.05) is 6.61 Å². The van der Waals surface area contributed by atoms with Gasteiger partial charge in [0.05, 0.1) is 12.3 Å². The molecule has 0 bridgehead atoms. The molecule has 3 rings (SSSR count). The van der Waals surface area contributed by atoms with Gasteiger partial charge in [-0.2, -0.15) is 0 Å². The fourth-order valence-corrected chi connectivity index (χ4v) is 2.37. The maximum absolute atomic E-state index is 12.2. The molecule has 0 fully saturated rings. The maximum atomic E-state index is 12.2. The first-order valence-corrected chi connectivity index (χ1v) is 6.96. The molecule has 2 heterocycles. The third kappa shape index (κ3) is 2.65. The van der Waals surface area contributed by atoms with Gasteiger partial charge in [-0.1, -0.05) is 36.4 Å². The summed E-state index contributed by atoms with van der Waals surface area (Å²) < 4.78 is 6.96. The van der Waals surface area contributed by atoms with Gasteiger partial charge in [0.2, 0.25) is 0 Å². The van der Waals surface area contributed by atoms with E-state index in [2.05, 4.69) is 4.98 Å². The van der Waals surface area contributed by atoms with E-state index in [0.29, 0.717) is 18.7 Å². The summed E-state index contributed by atoms with van der Waals surface area (Å²) in [7, 11) is 0. The first-order chi connectivity index (χ1) is 10.3. The lowest BCUT2D eigenvalue weighted by atomic mass is 10.1. The number of hydrogen-bond donors (Lipinski definition) is 0. The van der Waals surface area contributed by atoms with Crippen LogP contribution in [-0.2, 0) is 11.2 Å². The van der Waals surface area contributed by atoms with Gasteiger partial charge >= 0.3 is 5.97 Å². The second-order valence-electron chi connectivity index (χ2n) is 4.72. The lowest BCUT2D eigenvalue weighted by molar-refractivity contribution is 0.0517. The summed E-state index contributed by atoms with van der Waals surface area (Å²) >= 11 is 0. The Morgan fingerprint density at radius 3 is 2.67 bits per heavy atom. The summed E-state index contributed by atoms with van der Waals surface area (Å²) in [4.78, 5) is 16.8. The molecule has 21 heavy (non-hydrogen) atoms. The number of imidazole rings is 1. The zero-order valence-electron chi connectivity index (χ0n) is 11.8. The van der Waals surface area contributed by atoms with Crippen LogP contribution in [0.2, 0.25) is 0 Å². The zero-order valence-corrected chi connectivity index (χ0v) is 11.8. The number of pyridine rings is 1. The summed E-state index contributed by atoms with van der Waals surface area (Å²) in [6, 6.07) is 15.7. The van der Waals surface area contributed by atoms with Gasteiger partial charge in [-0.25, -0.2) is 9.78 Å². The monoisotopic (exact) mass is 280 g/mol. The van der Waals surface area contributed by atoms with Gasteiger partial charge in [-0.3, -0.25) is 4.40 Å². The number of rotatable bonds is 4. The molecular weight excluding hydrogens is 264 g/mol. The lowest BCUT2D eigenvalue weighted by Crippen LogP contribution is -2.11. The smallest absolute Gasteiger partial charge is 0.357 e. The van der Waals surface area contributed by atoms with E-state index < -0.39 is 0 Å². The number of aromatic nitrogens is 2. The number of benzene rings is 1. The van der Waals surface area contributed by atoms with Crippen LogP contribution < -0.4 is 0 Å². The predicted octanol–water partition coefficient (Wildman–Crippen LogP) is 3.10. The molecule has 0 radical (unpaired) electrons. The van der Waals surface area contributed by atoms with Crippen LogP contribution in [0, 0.1) is 0 Å². The maximum Gasteiger partial charge on any atom is 0.357 e. The van der Waals surface area contributed by atoms with Crippen LogP contribution >= 0.6 is 0 Å². The molecule has 0 amide bonds. The number of nitrogens with zero attached hydrogens (tertiary/aromatic N) is 2. The van der Waals surface area contributed by atoms with Crippen molar-refractivity contribution < 1.29 is 9.53 Å². The van der Waals surface area contributed by atoms with E-state index in [1.165, 1.54) is 0 Å². The minimum atomic E-state index is -0.331. The molecular formula is C17H16N2O2. The van der Waals surface area contributed by atoms with Crippen molar-refractivity contribution in [3.63, 3.8) is 0 Å². The molecule has 0 aliphatic rings. The third-order valence-corrected chi connectivity index (χ3v) is 3.29. The van der Waals surface area contributed by atoms with Crippen LogP contribution in [-0.4, -0.2) is 22.0 Å². The van der Waals surface area contributed by atoms with Crippen LogP contribution in [0.25, 0.3) is 5.65 Å². The van der Waals surface area contributed by atoms with Crippen molar-refractivity contribution in [2.45, 2.75) is 13.3 Å². The van der Waals surface area contributed by atoms with E-state index in [4.69, 9.17) is 4.74 Å². The first kappa shape index (κ1) is 13.4. The van der Waals surface area contributed by atoms with Crippen molar-refractivity contribution in [1.29, 1.82) is 0 Å². The standard InChI is InChI=1S/C17H16N2O2/c1-2-21-17(20)16-14(12-13-8-4-3-5-9-13)18-15-10-6-7-11-19(15)16/h3-11H,2,12H2,1H3. The fraction of sp³-hybridized carbons (Fsp3) is 0.176. The summed E-state index contributed by atoms with van der Waals surface area (Å²) in [6.45, 7) is 2.15. The normalized spacial score (nSPS) is 10.7. The number of carbonyl (C=O) groups excluding carboxylic acids is 1. The number of ether oxygens (including phenoxy) is 1. The van der Waals surface area contributed by atoms with Crippen molar-refractivity contribution in [3.05, 3.63) is 71.7 Å². The van der Waals surface area contributed by atoms with Gasteiger partial charge in [0.1, 0.15) is 5.65 Å². The average molecular weight is 280 g/mol. The van der Waals surface area contributed by atoms with Gasteiger partial charge in [0.15, 0.2) is 5.69 Å². The van der Waals surface area contributed by atoms with Gasteiger partial charge in [0.25, 0.3) is 0 Å². The van der Waals surface area contributed by atoms with Gasteiger partial charge < -0.3 is 4.74 Å². The Morgan fingerprint density at radius 1 is 1.14 bits per heavy atom. The van der Waals surface area contributed by atoms with Gasteiger partial charge in [-0.15, -0.1) is 0 Å². The lowest BCUT2D eigenvalue weighted by Gasteiger charge is -2.04. The van der Waals surface area contributed by atoms with Crippen molar-refractivity contribution in [1.82, 2.24) is 9.38 Å². The molecule has 3 aromatic rings. The number of esters is 1. The molecule has 0 aliphatic carbocycles. The molecule has 0 unspecified atom stereocenters. The molecule has 0 saturated carbocycles. The first-order valence-electron chi connectivity index (χ1n) is 6.96. The highest BCUT2D eigenvalue weighted by atomic mass is 16.5. The highest BCUT2D eigenvalue weighted by Crippen LogP contribution is 2.17. The minimum Gasteiger partial charge on any atom is -0.461 e. The molecule has 106 valence electrons. The van der Waals surface area contributed by atoms with Crippen LogP contribution in [0.3, 0.4) is 0 Å².